The van der Waals surface area contributed by atoms with E-state index in [2.05, 4.69) is 0 Å². The van der Waals surface area contributed by atoms with Crippen LogP contribution in [0.5, 0.6) is 5.75 Å². The van der Waals surface area contributed by atoms with Gasteiger partial charge in [-0.1, -0.05) is 38.9 Å². The first-order valence-corrected chi connectivity index (χ1v) is 7.94. The number of esters is 1. The molecule has 0 atom stereocenters. The van der Waals surface area contributed by atoms with Crippen molar-refractivity contribution in [3.05, 3.63) is 63.5 Å². The molecule has 0 saturated carbocycles. The SMILES string of the molecule is O=C1Oc2ccc(F)cc2C(=O)C1=Ic1ccccc1. The molecule has 0 saturated heterocycles. The highest BCUT2D eigenvalue weighted by Gasteiger charge is 2.31. The Morgan fingerprint density at radius 1 is 1.00 bits per heavy atom. The van der Waals surface area contributed by atoms with Crippen molar-refractivity contribution < 1.29 is 18.7 Å². The van der Waals surface area contributed by atoms with Gasteiger partial charge in [0.15, 0.2) is 0 Å². The third-order valence-corrected chi connectivity index (χ3v) is 5.52. The zero-order valence-corrected chi connectivity index (χ0v) is 12.3. The quantitative estimate of drug-likeness (QED) is 0.433. The second-order valence-corrected chi connectivity index (χ2v) is 6.93. The summed E-state index contributed by atoms with van der Waals surface area (Å²) in [5.74, 6) is -1.44. The zero-order valence-electron chi connectivity index (χ0n) is 10.1. The van der Waals surface area contributed by atoms with Crippen LogP contribution in [0, 0.1) is 9.39 Å². The Morgan fingerprint density at radius 3 is 2.50 bits per heavy atom. The van der Waals surface area contributed by atoms with E-state index in [4.69, 9.17) is 4.74 Å². The number of carbonyl (C=O) groups excluding carboxylic acids is 2. The molecule has 0 aliphatic carbocycles. The van der Waals surface area contributed by atoms with Crippen LogP contribution in [0.1, 0.15) is 10.4 Å². The topological polar surface area (TPSA) is 43.4 Å². The van der Waals surface area contributed by atoms with Gasteiger partial charge in [0.25, 0.3) is 0 Å². The molecule has 1 aliphatic rings. The normalized spacial score (nSPS) is 16.4. The highest BCUT2D eigenvalue weighted by molar-refractivity contribution is 14.2. The molecular formula is C15H8FIO3. The third-order valence-electron chi connectivity index (χ3n) is 2.70. The van der Waals surface area contributed by atoms with E-state index in [1.54, 1.807) is 0 Å². The summed E-state index contributed by atoms with van der Waals surface area (Å²) in [6.07, 6.45) is 0. The molecule has 0 spiro atoms. The van der Waals surface area contributed by atoms with Crippen LogP contribution in [0.15, 0.2) is 48.5 Å². The van der Waals surface area contributed by atoms with Crippen molar-refractivity contribution in [2.45, 2.75) is 0 Å². The fourth-order valence-corrected chi connectivity index (χ4v) is 4.06. The summed E-state index contributed by atoms with van der Waals surface area (Å²) >= 11 is -0.941. The summed E-state index contributed by atoms with van der Waals surface area (Å²) in [7, 11) is 0. The predicted octanol–water partition coefficient (Wildman–Crippen LogP) is 2.94. The lowest BCUT2D eigenvalue weighted by Crippen LogP contribution is -2.32. The van der Waals surface area contributed by atoms with E-state index in [1.807, 2.05) is 30.3 Å². The largest absolute Gasteiger partial charge is 0.422 e. The Bertz CT molecular complexity index is 738. The number of fused-ring (bicyclic) bond motifs is 1. The van der Waals surface area contributed by atoms with Crippen molar-refractivity contribution in [1.29, 1.82) is 0 Å². The number of hydrogen-bond acceptors (Lipinski definition) is 3. The van der Waals surface area contributed by atoms with Gasteiger partial charge in [-0.15, -0.1) is 0 Å². The summed E-state index contributed by atoms with van der Waals surface area (Å²) in [6, 6.07) is 12.9. The van der Waals surface area contributed by atoms with E-state index in [9.17, 15) is 14.0 Å². The Morgan fingerprint density at radius 2 is 1.75 bits per heavy atom. The lowest BCUT2D eigenvalue weighted by molar-refractivity contribution is -0.126. The van der Waals surface area contributed by atoms with Gasteiger partial charge >= 0.3 is 5.97 Å². The first-order valence-electron chi connectivity index (χ1n) is 5.78. The highest BCUT2D eigenvalue weighted by atomic mass is 127. The molecule has 3 rings (SSSR count). The van der Waals surface area contributed by atoms with Crippen molar-refractivity contribution >= 4 is 36.0 Å². The number of halogens is 2. The molecule has 5 heteroatoms. The summed E-state index contributed by atoms with van der Waals surface area (Å²) in [4.78, 5) is 24.2. The molecule has 0 unspecified atom stereocenters. The molecule has 0 radical (unpaired) electrons. The molecule has 100 valence electrons. The molecule has 2 aromatic carbocycles. The standard InChI is InChI=1S/C15H8FIO3/c16-9-6-7-12-11(8-9)14(18)13(15(19)20-12)17-10-4-2-1-3-5-10/h1-8H. The number of Topliss-reactive ketones (excluding diaryl/α,β-unsaturated/α-hetero) is 1. The fourth-order valence-electron chi connectivity index (χ4n) is 1.79. The molecular weight excluding hydrogens is 374 g/mol. The van der Waals surface area contributed by atoms with Crippen molar-refractivity contribution in [3.8, 4) is 5.75 Å². The summed E-state index contributed by atoms with van der Waals surface area (Å²) in [5, 5.41) is 0. The fraction of sp³-hybridized carbons (Fsp3) is 0. The van der Waals surface area contributed by atoms with Gasteiger partial charge in [-0.3, -0.25) is 4.79 Å². The minimum Gasteiger partial charge on any atom is -0.422 e. The number of rotatable bonds is 1. The Labute approximate surface area is 124 Å². The highest BCUT2D eigenvalue weighted by Crippen LogP contribution is 2.28. The van der Waals surface area contributed by atoms with E-state index in [1.165, 1.54) is 6.07 Å². The predicted molar refractivity (Wildman–Crippen MR) is 80.5 cm³/mol. The summed E-state index contributed by atoms with van der Waals surface area (Å²) < 4.78 is 19.4. The van der Waals surface area contributed by atoms with Crippen molar-refractivity contribution in [3.63, 3.8) is 0 Å². The number of benzene rings is 2. The van der Waals surface area contributed by atoms with Gasteiger partial charge in [0.05, 0.1) is 5.56 Å². The maximum absolute atomic E-state index is 13.2. The smallest absolute Gasteiger partial charge is 0.353 e. The lowest BCUT2D eigenvalue weighted by Gasteiger charge is -2.16. The zero-order chi connectivity index (χ0) is 14.1. The molecule has 0 amide bonds. The van der Waals surface area contributed by atoms with Crippen LogP contribution < -0.4 is 4.74 Å². The molecule has 0 bridgehead atoms. The molecule has 0 N–H and O–H groups in total. The minimum atomic E-state index is -0.941. The average Bonchev–Trinajstić information content (AvgIpc) is 2.46. The van der Waals surface area contributed by atoms with Crippen molar-refractivity contribution in [2.75, 3.05) is 0 Å². The molecule has 0 fully saturated rings. The number of carbonyl (C=O) groups is 2. The molecule has 3 nitrogen and oxygen atoms in total. The van der Waals surface area contributed by atoms with Crippen LogP contribution in [0.2, 0.25) is 0 Å². The van der Waals surface area contributed by atoms with Gasteiger partial charge in [-0.25, -0.2) is 9.18 Å². The molecule has 1 aliphatic heterocycles. The van der Waals surface area contributed by atoms with Crippen molar-refractivity contribution in [2.24, 2.45) is 0 Å². The van der Waals surface area contributed by atoms with Crippen LogP contribution >= 0.6 is 20.7 Å². The van der Waals surface area contributed by atoms with Crippen molar-refractivity contribution in [1.82, 2.24) is 0 Å². The Hall–Kier alpha value is -1.89. The Kier molecular flexibility index (Phi) is 3.43. The van der Waals surface area contributed by atoms with E-state index < -0.39 is 38.3 Å². The maximum atomic E-state index is 13.2. The number of ketones is 1. The van der Waals surface area contributed by atoms with E-state index in [0.717, 1.165) is 15.7 Å². The average molecular weight is 382 g/mol. The number of hydrogen-bond donors (Lipinski definition) is 0. The van der Waals surface area contributed by atoms with Crippen LogP contribution in [0.25, 0.3) is 0 Å². The van der Waals surface area contributed by atoms with E-state index >= 15 is 0 Å². The first kappa shape index (κ1) is 13.1. The van der Waals surface area contributed by atoms with Crippen LogP contribution in [0.4, 0.5) is 4.39 Å². The first-order chi connectivity index (χ1) is 9.65. The minimum absolute atomic E-state index is 0.121. The maximum Gasteiger partial charge on any atom is 0.353 e. The van der Waals surface area contributed by atoms with Gasteiger partial charge in [0, 0.05) is 3.57 Å². The van der Waals surface area contributed by atoms with E-state index in [-0.39, 0.29) is 14.8 Å². The van der Waals surface area contributed by atoms with Gasteiger partial charge in [0.1, 0.15) is 15.1 Å². The van der Waals surface area contributed by atoms with Crippen LogP contribution in [-0.2, 0) is 4.79 Å². The molecule has 2 aromatic rings. The third kappa shape index (κ3) is 2.40. The second-order valence-electron chi connectivity index (χ2n) is 4.06. The summed E-state index contributed by atoms with van der Waals surface area (Å²) in [6.45, 7) is 0. The van der Waals surface area contributed by atoms with Gasteiger partial charge in [-0.2, -0.15) is 0 Å². The van der Waals surface area contributed by atoms with Crippen LogP contribution in [-0.4, -0.2) is 15.3 Å². The number of ether oxygens (including phenoxy) is 1. The molecule has 1 heterocycles. The lowest BCUT2D eigenvalue weighted by atomic mass is 10.0. The van der Waals surface area contributed by atoms with Gasteiger partial charge in [0.2, 0.25) is 5.78 Å². The van der Waals surface area contributed by atoms with Crippen LogP contribution in [0.3, 0.4) is 0 Å². The van der Waals surface area contributed by atoms with Gasteiger partial charge in [-0.05, 0) is 30.3 Å². The van der Waals surface area contributed by atoms with E-state index in [0.29, 0.717) is 0 Å². The second kappa shape index (κ2) is 5.24. The Balaban J connectivity index is 2.08. The molecule has 20 heavy (non-hydrogen) atoms. The summed E-state index contributed by atoms with van der Waals surface area (Å²) in [5.41, 5.74) is 0.121. The molecule has 0 aromatic heterocycles. The monoisotopic (exact) mass is 382 g/mol. The van der Waals surface area contributed by atoms with Gasteiger partial charge < -0.3 is 4.74 Å².